The summed E-state index contributed by atoms with van der Waals surface area (Å²) in [4.78, 5) is 0. The molecule has 1 nitrogen and oxygen atoms in total. The van der Waals surface area contributed by atoms with Gasteiger partial charge in [-0.3, -0.25) is 0 Å². The zero-order chi connectivity index (χ0) is 11.8. The highest BCUT2D eigenvalue weighted by Gasteiger charge is 1.97. The lowest BCUT2D eigenvalue weighted by atomic mass is 10.1. The molecule has 0 unspecified atom stereocenters. The van der Waals surface area contributed by atoms with Crippen molar-refractivity contribution in [3.63, 3.8) is 0 Å². The summed E-state index contributed by atoms with van der Waals surface area (Å²) in [5, 5.41) is 8.71. The summed E-state index contributed by atoms with van der Waals surface area (Å²) in [6.45, 7) is 4.32. The average molecular weight is 249 g/mol. The second-order valence-corrected chi connectivity index (χ2v) is 5.93. The molecule has 84 valence electrons. The molecule has 0 aromatic heterocycles. The molecular weight excluding hydrogens is 234 g/mol. The van der Waals surface area contributed by atoms with Gasteiger partial charge in [-0.05, 0) is 35.3 Å². The SMILES string of the molecule is CCSC(=Cc1ccc(C#N)cc1)SCC. The molecule has 0 spiro atoms. The monoisotopic (exact) mass is 249 g/mol. The topological polar surface area (TPSA) is 23.8 Å². The van der Waals surface area contributed by atoms with Crippen molar-refractivity contribution in [3.8, 4) is 6.07 Å². The number of rotatable bonds is 5. The van der Waals surface area contributed by atoms with Crippen LogP contribution in [0.2, 0.25) is 0 Å². The van der Waals surface area contributed by atoms with Gasteiger partial charge >= 0.3 is 0 Å². The van der Waals surface area contributed by atoms with E-state index in [0.717, 1.165) is 17.1 Å². The van der Waals surface area contributed by atoms with E-state index in [1.54, 1.807) is 0 Å². The number of hydrogen-bond acceptors (Lipinski definition) is 3. The molecule has 0 aliphatic heterocycles. The van der Waals surface area contributed by atoms with Gasteiger partial charge in [0, 0.05) is 4.24 Å². The Morgan fingerprint density at radius 1 is 1.19 bits per heavy atom. The molecule has 0 bridgehead atoms. The van der Waals surface area contributed by atoms with Crippen LogP contribution in [0.3, 0.4) is 0 Å². The zero-order valence-electron chi connectivity index (χ0n) is 9.56. The van der Waals surface area contributed by atoms with E-state index in [1.807, 2.05) is 47.8 Å². The largest absolute Gasteiger partial charge is 0.192 e. The molecule has 0 aliphatic carbocycles. The van der Waals surface area contributed by atoms with Crippen molar-refractivity contribution < 1.29 is 0 Å². The second kappa shape index (κ2) is 7.43. The number of nitriles is 1. The highest BCUT2D eigenvalue weighted by atomic mass is 32.2. The van der Waals surface area contributed by atoms with Crippen molar-refractivity contribution in [1.82, 2.24) is 0 Å². The van der Waals surface area contributed by atoms with E-state index in [2.05, 4.69) is 26.0 Å². The van der Waals surface area contributed by atoms with Gasteiger partial charge < -0.3 is 0 Å². The fourth-order valence-corrected chi connectivity index (χ4v) is 3.25. The van der Waals surface area contributed by atoms with E-state index < -0.39 is 0 Å². The summed E-state index contributed by atoms with van der Waals surface area (Å²) in [6, 6.07) is 9.82. The Morgan fingerprint density at radius 2 is 1.75 bits per heavy atom. The minimum Gasteiger partial charge on any atom is -0.192 e. The van der Waals surface area contributed by atoms with Crippen molar-refractivity contribution in [3.05, 3.63) is 39.6 Å². The lowest BCUT2D eigenvalue weighted by Gasteiger charge is -2.03. The van der Waals surface area contributed by atoms with Crippen LogP contribution in [0.15, 0.2) is 28.5 Å². The maximum absolute atomic E-state index is 8.71. The van der Waals surface area contributed by atoms with Gasteiger partial charge in [0.2, 0.25) is 0 Å². The highest BCUT2D eigenvalue weighted by molar-refractivity contribution is 8.22. The molecule has 0 aliphatic rings. The molecule has 0 fully saturated rings. The fraction of sp³-hybridized carbons (Fsp3) is 0.308. The molecule has 0 atom stereocenters. The minimum atomic E-state index is 0.713. The molecule has 0 N–H and O–H groups in total. The summed E-state index contributed by atoms with van der Waals surface area (Å²) < 4.78 is 1.34. The van der Waals surface area contributed by atoms with Crippen LogP contribution < -0.4 is 0 Å². The summed E-state index contributed by atoms with van der Waals surface area (Å²) in [5.41, 5.74) is 1.88. The molecule has 0 amide bonds. The lowest BCUT2D eigenvalue weighted by Crippen LogP contribution is -1.78. The average Bonchev–Trinajstić information content (AvgIpc) is 2.31. The molecule has 0 radical (unpaired) electrons. The second-order valence-electron chi connectivity index (χ2n) is 3.06. The van der Waals surface area contributed by atoms with Crippen molar-refractivity contribution in [2.45, 2.75) is 13.8 Å². The van der Waals surface area contributed by atoms with E-state index in [-0.39, 0.29) is 0 Å². The quantitative estimate of drug-likeness (QED) is 0.774. The van der Waals surface area contributed by atoms with Gasteiger partial charge in [0.15, 0.2) is 0 Å². The van der Waals surface area contributed by atoms with Crippen LogP contribution in [-0.2, 0) is 0 Å². The molecule has 0 saturated heterocycles. The lowest BCUT2D eigenvalue weighted by molar-refractivity contribution is 1.48. The number of thioether (sulfide) groups is 2. The predicted molar refractivity (Wildman–Crippen MR) is 75.4 cm³/mol. The summed E-state index contributed by atoms with van der Waals surface area (Å²) in [7, 11) is 0. The van der Waals surface area contributed by atoms with Crippen LogP contribution >= 0.6 is 23.5 Å². The van der Waals surface area contributed by atoms with Crippen LogP contribution in [-0.4, -0.2) is 11.5 Å². The molecule has 1 rings (SSSR count). The van der Waals surface area contributed by atoms with Gasteiger partial charge in [0.05, 0.1) is 11.6 Å². The molecule has 0 saturated carbocycles. The highest BCUT2D eigenvalue weighted by Crippen LogP contribution is 2.30. The Bertz CT molecular complexity index is 379. The Morgan fingerprint density at radius 3 is 2.19 bits per heavy atom. The van der Waals surface area contributed by atoms with Crippen molar-refractivity contribution in [2.75, 3.05) is 11.5 Å². The normalized spacial score (nSPS) is 9.56. The molecular formula is C13H15NS2. The van der Waals surface area contributed by atoms with Crippen molar-refractivity contribution in [2.24, 2.45) is 0 Å². The Hall–Kier alpha value is -0.850. The maximum Gasteiger partial charge on any atom is 0.0991 e. The fourth-order valence-electron chi connectivity index (χ4n) is 1.20. The molecule has 1 aromatic carbocycles. The molecule has 1 aromatic rings. The third kappa shape index (κ3) is 4.34. The molecule has 0 heterocycles. The number of benzene rings is 1. The van der Waals surface area contributed by atoms with E-state index in [1.165, 1.54) is 4.24 Å². The molecule has 16 heavy (non-hydrogen) atoms. The first-order valence-electron chi connectivity index (χ1n) is 5.27. The van der Waals surface area contributed by atoms with Gasteiger partial charge in [-0.25, -0.2) is 0 Å². The summed E-state index contributed by atoms with van der Waals surface area (Å²) in [6.07, 6.45) is 2.18. The summed E-state index contributed by atoms with van der Waals surface area (Å²) in [5.74, 6) is 2.18. The number of hydrogen-bond donors (Lipinski definition) is 0. The zero-order valence-corrected chi connectivity index (χ0v) is 11.2. The minimum absolute atomic E-state index is 0.713. The first-order chi connectivity index (χ1) is 7.80. The third-order valence-corrected chi connectivity index (χ3v) is 3.99. The van der Waals surface area contributed by atoms with E-state index in [9.17, 15) is 0 Å². The maximum atomic E-state index is 8.71. The van der Waals surface area contributed by atoms with Crippen LogP contribution in [0, 0.1) is 11.3 Å². The Kier molecular flexibility index (Phi) is 6.14. The Labute approximate surface area is 106 Å². The van der Waals surface area contributed by atoms with E-state index in [0.29, 0.717) is 5.56 Å². The van der Waals surface area contributed by atoms with Crippen LogP contribution in [0.25, 0.3) is 6.08 Å². The van der Waals surface area contributed by atoms with Gasteiger partial charge in [-0.1, -0.05) is 26.0 Å². The van der Waals surface area contributed by atoms with Crippen LogP contribution in [0.1, 0.15) is 25.0 Å². The van der Waals surface area contributed by atoms with E-state index >= 15 is 0 Å². The number of nitrogens with zero attached hydrogens (tertiary/aromatic N) is 1. The predicted octanol–water partition coefficient (Wildman–Crippen LogP) is 4.36. The van der Waals surface area contributed by atoms with Gasteiger partial charge in [-0.15, -0.1) is 23.5 Å². The first-order valence-corrected chi connectivity index (χ1v) is 7.24. The molecule has 3 heteroatoms. The van der Waals surface area contributed by atoms with E-state index in [4.69, 9.17) is 5.26 Å². The third-order valence-electron chi connectivity index (χ3n) is 1.90. The summed E-state index contributed by atoms with van der Waals surface area (Å²) >= 11 is 3.73. The first kappa shape index (κ1) is 13.2. The van der Waals surface area contributed by atoms with Crippen molar-refractivity contribution >= 4 is 29.6 Å². The van der Waals surface area contributed by atoms with Gasteiger partial charge in [0.1, 0.15) is 0 Å². The van der Waals surface area contributed by atoms with Gasteiger partial charge in [0.25, 0.3) is 0 Å². The van der Waals surface area contributed by atoms with Crippen LogP contribution in [0.4, 0.5) is 0 Å². The van der Waals surface area contributed by atoms with Gasteiger partial charge in [-0.2, -0.15) is 5.26 Å². The smallest absolute Gasteiger partial charge is 0.0991 e. The standard InChI is InChI=1S/C13H15NS2/c1-3-15-13(16-4-2)9-11-5-7-12(10-14)8-6-11/h5-9H,3-4H2,1-2H3. The van der Waals surface area contributed by atoms with Crippen molar-refractivity contribution in [1.29, 1.82) is 5.26 Å². The van der Waals surface area contributed by atoms with Crippen LogP contribution in [0.5, 0.6) is 0 Å². The Balaban J connectivity index is 2.81.